The predicted octanol–water partition coefficient (Wildman–Crippen LogP) is 1.29. The minimum Gasteiger partial charge on any atom is -0.360 e. The highest BCUT2D eigenvalue weighted by Crippen LogP contribution is 2.27. The highest BCUT2D eigenvalue weighted by molar-refractivity contribution is 7.89. The highest BCUT2D eigenvalue weighted by atomic mass is 32.2. The van der Waals surface area contributed by atoms with Gasteiger partial charge in [0.25, 0.3) is 0 Å². The Kier molecular flexibility index (Phi) is 6.54. The van der Waals surface area contributed by atoms with Crippen LogP contribution < -0.4 is 5.32 Å². The summed E-state index contributed by atoms with van der Waals surface area (Å²) in [5.41, 5.74) is 0.380. The van der Waals surface area contributed by atoms with Gasteiger partial charge in [0.05, 0.1) is 0 Å². The van der Waals surface area contributed by atoms with Crippen LogP contribution >= 0.6 is 0 Å². The molecule has 1 amide bonds. The molecular formula is C18H30N4O4S. The standard InChI is InChI=1S/C18H30N4O4S/c1-14-17(15(2)26-20-14)27(24,25)22-12-6-16(7-13-22)18(23)19-8-5-11-21-9-3-4-10-21/h16H,3-13H2,1-2H3,(H,19,23). The number of nitrogens with one attached hydrogen (secondary N) is 1. The molecule has 9 heteroatoms. The van der Waals surface area contributed by atoms with E-state index in [0.29, 0.717) is 43.9 Å². The van der Waals surface area contributed by atoms with Crippen molar-refractivity contribution in [3.63, 3.8) is 0 Å². The lowest BCUT2D eigenvalue weighted by Crippen LogP contribution is -2.43. The summed E-state index contributed by atoms with van der Waals surface area (Å²) >= 11 is 0. The maximum Gasteiger partial charge on any atom is 0.248 e. The zero-order chi connectivity index (χ0) is 19.4. The van der Waals surface area contributed by atoms with Crippen molar-refractivity contribution in [1.29, 1.82) is 0 Å². The maximum absolute atomic E-state index is 12.8. The topological polar surface area (TPSA) is 95.8 Å². The molecule has 0 aromatic carbocycles. The number of aryl methyl sites for hydroxylation is 2. The number of sulfonamides is 1. The van der Waals surface area contributed by atoms with Crippen LogP contribution in [0.5, 0.6) is 0 Å². The molecular weight excluding hydrogens is 368 g/mol. The minimum atomic E-state index is -3.62. The monoisotopic (exact) mass is 398 g/mol. The summed E-state index contributed by atoms with van der Waals surface area (Å²) in [5, 5.41) is 6.76. The zero-order valence-corrected chi connectivity index (χ0v) is 17.1. The van der Waals surface area contributed by atoms with Gasteiger partial charge in [-0.2, -0.15) is 4.31 Å². The van der Waals surface area contributed by atoms with Gasteiger partial charge in [-0.1, -0.05) is 5.16 Å². The molecule has 2 aliphatic rings. The van der Waals surface area contributed by atoms with Crippen molar-refractivity contribution in [3.8, 4) is 0 Å². The smallest absolute Gasteiger partial charge is 0.248 e. The number of nitrogens with zero attached hydrogens (tertiary/aromatic N) is 3. The van der Waals surface area contributed by atoms with Gasteiger partial charge in [0.15, 0.2) is 5.76 Å². The third kappa shape index (κ3) is 4.70. The van der Waals surface area contributed by atoms with E-state index in [1.807, 2.05) is 0 Å². The van der Waals surface area contributed by atoms with E-state index in [2.05, 4.69) is 15.4 Å². The molecule has 27 heavy (non-hydrogen) atoms. The van der Waals surface area contributed by atoms with Crippen LogP contribution in [0.4, 0.5) is 0 Å². The molecule has 2 aliphatic heterocycles. The van der Waals surface area contributed by atoms with Crippen LogP contribution in [0.3, 0.4) is 0 Å². The van der Waals surface area contributed by atoms with Gasteiger partial charge in [0, 0.05) is 25.6 Å². The van der Waals surface area contributed by atoms with E-state index in [4.69, 9.17) is 4.52 Å². The van der Waals surface area contributed by atoms with E-state index in [9.17, 15) is 13.2 Å². The SMILES string of the molecule is Cc1noc(C)c1S(=O)(=O)N1CCC(C(=O)NCCCN2CCCC2)CC1. The van der Waals surface area contributed by atoms with Gasteiger partial charge in [-0.3, -0.25) is 4.79 Å². The Morgan fingerprint density at radius 1 is 1.19 bits per heavy atom. The lowest BCUT2D eigenvalue weighted by Gasteiger charge is -2.30. The van der Waals surface area contributed by atoms with E-state index in [0.717, 1.165) is 13.0 Å². The number of amides is 1. The van der Waals surface area contributed by atoms with Gasteiger partial charge >= 0.3 is 0 Å². The lowest BCUT2D eigenvalue weighted by atomic mass is 9.97. The molecule has 3 rings (SSSR count). The second-order valence-corrected chi connectivity index (χ2v) is 9.40. The Hall–Kier alpha value is -1.45. The fourth-order valence-corrected chi connectivity index (χ4v) is 5.76. The van der Waals surface area contributed by atoms with E-state index in [1.165, 1.54) is 30.2 Å². The second kappa shape index (κ2) is 8.70. The number of piperidine rings is 1. The van der Waals surface area contributed by atoms with Crippen LogP contribution in [0, 0.1) is 19.8 Å². The quantitative estimate of drug-likeness (QED) is 0.696. The van der Waals surface area contributed by atoms with Crippen molar-refractivity contribution in [2.24, 2.45) is 5.92 Å². The van der Waals surface area contributed by atoms with E-state index >= 15 is 0 Å². The molecule has 8 nitrogen and oxygen atoms in total. The Labute approximate surface area is 161 Å². The Bertz CT molecular complexity index is 728. The summed E-state index contributed by atoms with van der Waals surface area (Å²) in [6.07, 6.45) is 4.61. The summed E-state index contributed by atoms with van der Waals surface area (Å²) < 4.78 is 32.1. The fraction of sp³-hybridized carbons (Fsp3) is 0.778. The van der Waals surface area contributed by atoms with Crippen LogP contribution in [-0.4, -0.2) is 68.0 Å². The van der Waals surface area contributed by atoms with Crippen molar-refractivity contribution in [2.75, 3.05) is 39.3 Å². The minimum absolute atomic E-state index is 0.0470. The molecule has 152 valence electrons. The average Bonchev–Trinajstić information content (AvgIpc) is 3.28. The van der Waals surface area contributed by atoms with Crippen molar-refractivity contribution >= 4 is 15.9 Å². The van der Waals surface area contributed by atoms with Gasteiger partial charge in [0.1, 0.15) is 10.6 Å². The summed E-state index contributed by atoms with van der Waals surface area (Å²) in [4.78, 5) is 15.0. The third-order valence-electron chi connectivity index (χ3n) is 5.54. The zero-order valence-electron chi connectivity index (χ0n) is 16.2. The van der Waals surface area contributed by atoms with E-state index < -0.39 is 10.0 Å². The first-order valence-corrected chi connectivity index (χ1v) is 11.3. The molecule has 0 aliphatic carbocycles. The summed E-state index contributed by atoms with van der Waals surface area (Å²) in [5.74, 6) is 0.240. The summed E-state index contributed by atoms with van der Waals surface area (Å²) in [6.45, 7) is 8.00. The van der Waals surface area contributed by atoms with Crippen LogP contribution in [0.15, 0.2) is 9.42 Å². The van der Waals surface area contributed by atoms with Crippen molar-refractivity contribution in [1.82, 2.24) is 19.7 Å². The summed E-state index contributed by atoms with van der Waals surface area (Å²) in [7, 11) is -3.62. The molecule has 0 atom stereocenters. The molecule has 0 bridgehead atoms. The Morgan fingerprint density at radius 2 is 1.85 bits per heavy atom. The molecule has 1 aromatic heterocycles. The maximum atomic E-state index is 12.8. The normalized spacial score (nSPS) is 20.2. The van der Waals surface area contributed by atoms with Crippen LogP contribution in [0.1, 0.15) is 43.6 Å². The molecule has 0 spiro atoms. The Balaban J connectivity index is 1.44. The van der Waals surface area contributed by atoms with Crippen molar-refractivity contribution < 1.29 is 17.7 Å². The number of likely N-dealkylation sites (tertiary alicyclic amines) is 1. The molecule has 2 fully saturated rings. The summed E-state index contributed by atoms with van der Waals surface area (Å²) in [6, 6.07) is 0. The van der Waals surface area contributed by atoms with Gasteiger partial charge in [-0.25, -0.2) is 8.42 Å². The number of hydrogen-bond donors (Lipinski definition) is 1. The molecule has 0 saturated carbocycles. The second-order valence-electron chi connectivity index (χ2n) is 7.52. The number of rotatable bonds is 7. The number of aromatic nitrogens is 1. The van der Waals surface area contributed by atoms with E-state index in [1.54, 1.807) is 13.8 Å². The van der Waals surface area contributed by atoms with Crippen molar-refractivity contribution in [2.45, 2.75) is 50.8 Å². The number of carbonyl (C=O) groups is 1. The van der Waals surface area contributed by atoms with Crippen LogP contribution in [0.2, 0.25) is 0 Å². The molecule has 2 saturated heterocycles. The van der Waals surface area contributed by atoms with Gasteiger partial charge < -0.3 is 14.7 Å². The first-order chi connectivity index (χ1) is 12.9. The van der Waals surface area contributed by atoms with Gasteiger partial charge in [0.2, 0.25) is 15.9 Å². The fourth-order valence-electron chi connectivity index (χ4n) is 4.00. The number of hydrogen-bond acceptors (Lipinski definition) is 6. The number of carbonyl (C=O) groups excluding carboxylic acids is 1. The average molecular weight is 399 g/mol. The molecule has 3 heterocycles. The van der Waals surface area contributed by atoms with Crippen molar-refractivity contribution in [3.05, 3.63) is 11.5 Å². The Morgan fingerprint density at radius 3 is 2.44 bits per heavy atom. The molecule has 1 aromatic rings. The largest absolute Gasteiger partial charge is 0.360 e. The molecule has 0 unspecified atom stereocenters. The third-order valence-corrected chi connectivity index (χ3v) is 7.68. The highest BCUT2D eigenvalue weighted by Gasteiger charge is 2.35. The van der Waals surface area contributed by atoms with Gasteiger partial charge in [-0.15, -0.1) is 0 Å². The predicted molar refractivity (Wildman–Crippen MR) is 101 cm³/mol. The lowest BCUT2D eigenvalue weighted by molar-refractivity contribution is -0.126. The first kappa shape index (κ1) is 20.3. The molecule has 1 N–H and O–H groups in total. The first-order valence-electron chi connectivity index (χ1n) is 9.82. The van der Waals surface area contributed by atoms with Crippen LogP contribution in [0.25, 0.3) is 0 Å². The molecule has 0 radical (unpaired) electrons. The van der Waals surface area contributed by atoms with Gasteiger partial charge in [-0.05, 0) is 65.6 Å². The van der Waals surface area contributed by atoms with E-state index in [-0.39, 0.29) is 16.7 Å². The van der Waals surface area contributed by atoms with Crippen LogP contribution in [-0.2, 0) is 14.8 Å².